The summed E-state index contributed by atoms with van der Waals surface area (Å²) >= 11 is 0. The van der Waals surface area contributed by atoms with Crippen molar-refractivity contribution in [2.45, 2.75) is 25.7 Å². The van der Waals surface area contributed by atoms with Gasteiger partial charge in [0.1, 0.15) is 12.6 Å². The fourth-order valence-corrected chi connectivity index (χ4v) is 2.01. The zero-order chi connectivity index (χ0) is 13.6. The molecule has 0 unspecified atom stereocenters. The predicted molar refractivity (Wildman–Crippen MR) is 78.7 cm³/mol. The van der Waals surface area contributed by atoms with Crippen LogP contribution in [0.15, 0.2) is 28.7 Å². The van der Waals surface area contributed by atoms with Gasteiger partial charge in [-0.1, -0.05) is 19.6 Å². The summed E-state index contributed by atoms with van der Waals surface area (Å²) in [5.41, 5.74) is 6.54. The zero-order valence-electron chi connectivity index (χ0n) is 11.3. The highest BCUT2D eigenvalue weighted by Gasteiger charge is 2.11. The topological polar surface area (TPSA) is 83.5 Å². The van der Waals surface area contributed by atoms with Crippen molar-refractivity contribution in [3.05, 3.63) is 23.7 Å². The van der Waals surface area contributed by atoms with Gasteiger partial charge >= 0.3 is 0 Å². The first-order valence-electron chi connectivity index (χ1n) is 6.00. The Kier molecular flexibility index (Phi) is 5.30. The van der Waals surface area contributed by atoms with Gasteiger partial charge in [-0.2, -0.15) is 0 Å². The molecule has 18 heavy (non-hydrogen) atoms. The molecule has 6 heteroatoms. The van der Waals surface area contributed by atoms with Crippen molar-refractivity contribution < 1.29 is 4.74 Å². The minimum atomic E-state index is -1.01. The van der Waals surface area contributed by atoms with Crippen LogP contribution in [-0.2, 0) is 4.74 Å². The van der Waals surface area contributed by atoms with E-state index in [2.05, 4.69) is 30.0 Å². The zero-order valence-corrected chi connectivity index (χ0v) is 12.3. The molecule has 100 valence electrons. The van der Waals surface area contributed by atoms with Gasteiger partial charge in [-0.05, 0) is 6.04 Å². The standard InChI is InChI=1S/C12H22N4OSi/c1-18(2,3)5-4-17-9-15-7-10-8-16-12(14)6-11(10)13/h6-8,13,15H,4-5,9,14H2,1-3H3/b10-7-,13-11?. The second kappa shape index (κ2) is 6.51. The van der Waals surface area contributed by atoms with Crippen LogP contribution in [0.25, 0.3) is 0 Å². The minimum absolute atomic E-state index is 0.358. The van der Waals surface area contributed by atoms with Crippen LogP contribution in [0, 0.1) is 5.41 Å². The van der Waals surface area contributed by atoms with E-state index in [-0.39, 0.29) is 0 Å². The summed E-state index contributed by atoms with van der Waals surface area (Å²) in [6.07, 6.45) is 4.83. The number of allylic oxidation sites excluding steroid dienone is 2. The van der Waals surface area contributed by atoms with Crippen molar-refractivity contribution in [2.24, 2.45) is 10.7 Å². The number of hydrogen-bond acceptors (Lipinski definition) is 5. The molecule has 0 aromatic rings. The lowest BCUT2D eigenvalue weighted by Crippen LogP contribution is -2.23. The van der Waals surface area contributed by atoms with Crippen LogP contribution < -0.4 is 11.1 Å². The summed E-state index contributed by atoms with van der Waals surface area (Å²) in [4.78, 5) is 3.94. The van der Waals surface area contributed by atoms with Gasteiger partial charge in [0, 0.05) is 38.7 Å². The first-order chi connectivity index (χ1) is 8.38. The summed E-state index contributed by atoms with van der Waals surface area (Å²) in [7, 11) is -1.01. The van der Waals surface area contributed by atoms with E-state index in [9.17, 15) is 0 Å². The molecule has 1 heterocycles. The molecule has 0 fully saturated rings. The summed E-state index contributed by atoms with van der Waals surface area (Å²) < 4.78 is 5.48. The van der Waals surface area contributed by atoms with E-state index in [1.165, 1.54) is 6.08 Å². The molecular weight excluding hydrogens is 244 g/mol. The minimum Gasteiger partial charge on any atom is -0.384 e. The van der Waals surface area contributed by atoms with Crippen molar-refractivity contribution >= 4 is 20.0 Å². The van der Waals surface area contributed by atoms with Crippen molar-refractivity contribution in [2.75, 3.05) is 13.3 Å². The molecule has 0 radical (unpaired) electrons. The highest BCUT2D eigenvalue weighted by Crippen LogP contribution is 2.07. The van der Waals surface area contributed by atoms with Gasteiger partial charge in [0.2, 0.25) is 0 Å². The van der Waals surface area contributed by atoms with Crippen molar-refractivity contribution in [1.29, 1.82) is 5.41 Å². The van der Waals surface area contributed by atoms with Crippen LogP contribution in [0.2, 0.25) is 25.7 Å². The summed E-state index contributed by atoms with van der Waals surface area (Å²) in [6.45, 7) is 8.20. The molecule has 1 rings (SSSR count). The fraction of sp³-hybridized carbons (Fsp3) is 0.500. The van der Waals surface area contributed by atoms with Crippen LogP contribution in [0.4, 0.5) is 0 Å². The van der Waals surface area contributed by atoms with Crippen LogP contribution in [0.3, 0.4) is 0 Å². The third-order valence-corrected chi connectivity index (χ3v) is 4.10. The Morgan fingerprint density at radius 3 is 2.83 bits per heavy atom. The molecule has 0 bridgehead atoms. The maximum atomic E-state index is 7.68. The molecule has 0 aromatic carbocycles. The highest BCUT2D eigenvalue weighted by atomic mass is 28.3. The Morgan fingerprint density at radius 2 is 2.22 bits per heavy atom. The van der Waals surface area contributed by atoms with Crippen molar-refractivity contribution in [3.8, 4) is 0 Å². The molecule has 0 saturated heterocycles. The summed E-state index contributed by atoms with van der Waals surface area (Å²) in [5.74, 6) is 0.364. The molecule has 1 aliphatic heterocycles. The molecule has 0 aromatic heterocycles. The van der Waals surface area contributed by atoms with E-state index < -0.39 is 8.07 Å². The lowest BCUT2D eigenvalue weighted by atomic mass is 10.1. The third-order valence-electron chi connectivity index (χ3n) is 2.40. The molecule has 4 N–H and O–H groups in total. The molecule has 0 amide bonds. The van der Waals surface area contributed by atoms with Gasteiger partial charge in [-0.25, -0.2) is 4.99 Å². The van der Waals surface area contributed by atoms with Gasteiger partial charge in [0.05, 0.1) is 5.71 Å². The maximum absolute atomic E-state index is 7.68. The number of nitrogens with zero attached hydrogens (tertiary/aromatic N) is 1. The Labute approximate surface area is 109 Å². The van der Waals surface area contributed by atoms with E-state index in [1.54, 1.807) is 12.4 Å². The smallest absolute Gasteiger partial charge is 0.125 e. The Balaban J connectivity index is 2.22. The van der Waals surface area contributed by atoms with Gasteiger partial charge in [-0.15, -0.1) is 0 Å². The lowest BCUT2D eigenvalue weighted by Gasteiger charge is -2.15. The van der Waals surface area contributed by atoms with Crippen LogP contribution in [0.1, 0.15) is 0 Å². The van der Waals surface area contributed by atoms with Crippen molar-refractivity contribution in [1.82, 2.24) is 5.32 Å². The Bertz CT molecular complexity index is 393. The van der Waals surface area contributed by atoms with Crippen LogP contribution in [-0.4, -0.2) is 33.3 Å². The number of nitrogens with one attached hydrogen (secondary N) is 2. The molecule has 1 aliphatic rings. The number of rotatable bonds is 6. The molecule has 0 atom stereocenters. The highest BCUT2D eigenvalue weighted by molar-refractivity contribution is 6.76. The van der Waals surface area contributed by atoms with Gasteiger partial charge in [0.15, 0.2) is 0 Å². The SMILES string of the molecule is C[Si](C)(C)CCOCN/C=C1/C=NC(N)=CC1=N. The van der Waals surface area contributed by atoms with Gasteiger partial charge < -0.3 is 21.2 Å². The second-order valence-electron chi connectivity index (χ2n) is 5.41. The molecule has 0 spiro atoms. The van der Waals surface area contributed by atoms with Gasteiger partial charge in [0.25, 0.3) is 0 Å². The fourth-order valence-electron chi connectivity index (χ4n) is 1.26. The number of aliphatic imine (C=N–C) groups is 1. The van der Waals surface area contributed by atoms with E-state index in [1.807, 2.05) is 0 Å². The van der Waals surface area contributed by atoms with Crippen LogP contribution in [0.5, 0.6) is 0 Å². The Morgan fingerprint density at radius 1 is 1.50 bits per heavy atom. The quantitative estimate of drug-likeness (QED) is 0.388. The normalized spacial score (nSPS) is 18.1. The lowest BCUT2D eigenvalue weighted by molar-refractivity contribution is 0.137. The largest absolute Gasteiger partial charge is 0.384 e. The molecule has 0 aliphatic carbocycles. The average molecular weight is 266 g/mol. The average Bonchev–Trinajstić information content (AvgIpc) is 2.24. The first-order valence-corrected chi connectivity index (χ1v) is 9.71. The number of ether oxygens (including phenoxy) is 1. The predicted octanol–water partition coefficient (Wildman–Crippen LogP) is 1.68. The molecular formula is C12H22N4OSi. The summed E-state index contributed by atoms with van der Waals surface area (Å²) in [6, 6.07) is 1.15. The first kappa shape index (κ1) is 14.7. The molecule has 0 saturated carbocycles. The summed E-state index contributed by atoms with van der Waals surface area (Å²) in [5, 5.41) is 10.7. The van der Waals surface area contributed by atoms with Crippen LogP contribution >= 0.6 is 0 Å². The van der Waals surface area contributed by atoms with E-state index in [4.69, 9.17) is 15.9 Å². The number of hydrogen-bond donors (Lipinski definition) is 3. The monoisotopic (exact) mass is 266 g/mol. The number of nitrogens with two attached hydrogens (primary N) is 1. The van der Waals surface area contributed by atoms with E-state index in [0.29, 0.717) is 23.8 Å². The second-order valence-corrected chi connectivity index (χ2v) is 11.0. The van der Waals surface area contributed by atoms with E-state index >= 15 is 0 Å². The Hall–Kier alpha value is -1.40. The maximum Gasteiger partial charge on any atom is 0.125 e. The van der Waals surface area contributed by atoms with Crippen molar-refractivity contribution in [3.63, 3.8) is 0 Å². The van der Waals surface area contributed by atoms with Gasteiger partial charge in [-0.3, -0.25) is 0 Å². The molecule has 5 nitrogen and oxygen atoms in total. The third kappa shape index (κ3) is 5.79. The van der Waals surface area contributed by atoms with E-state index in [0.717, 1.165) is 12.7 Å².